The molecule has 6 heteroatoms. The number of benzene rings is 2. The number of hydrogen-bond acceptors (Lipinski definition) is 4. The van der Waals surface area contributed by atoms with Crippen molar-refractivity contribution in [2.24, 2.45) is 0 Å². The molecule has 2 aromatic rings. The van der Waals surface area contributed by atoms with Gasteiger partial charge in [0, 0.05) is 19.5 Å². The summed E-state index contributed by atoms with van der Waals surface area (Å²) in [5.41, 5.74) is 3.18. The molecule has 0 unspecified atom stereocenters. The maximum Gasteiger partial charge on any atom is 0.242 e. The summed E-state index contributed by atoms with van der Waals surface area (Å²) in [4.78, 5) is 28.1. The largest absolute Gasteiger partial charge is 0.486 e. The van der Waals surface area contributed by atoms with Crippen molar-refractivity contribution >= 4 is 11.8 Å². The summed E-state index contributed by atoms with van der Waals surface area (Å²) in [5, 5.41) is 3.01. The van der Waals surface area contributed by atoms with Crippen LogP contribution in [0.5, 0.6) is 11.5 Å². The highest BCUT2D eigenvalue weighted by Gasteiger charge is 2.28. The normalized spacial score (nSPS) is 13.3. The molecule has 2 amide bonds. The third-order valence-electron chi connectivity index (χ3n) is 5.89. The molecule has 0 aliphatic carbocycles. The van der Waals surface area contributed by atoms with Gasteiger partial charge in [-0.3, -0.25) is 9.59 Å². The molecule has 178 valence electrons. The Balaban J connectivity index is 1.73. The lowest BCUT2D eigenvalue weighted by molar-refractivity contribution is -0.141. The first kappa shape index (κ1) is 24.6. The Labute approximate surface area is 197 Å². The van der Waals surface area contributed by atoms with Crippen LogP contribution in [0.3, 0.4) is 0 Å². The highest BCUT2D eigenvalue weighted by Crippen LogP contribution is 2.31. The molecule has 3 rings (SSSR count). The third-order valence-corrected chi connectivity index (χ3v) is 5.89. The van der Waals surface area contributed by atoms with Crippen LogP contribution in [0.25, 0.3) is 0 Å². The molecule has 0 spiro atoms. The van der Waals surface area contributed by atoms with E-state index in [1.165, 1.54) is 0 Å². The molecule has 0 radical (unpaired) electrons. The van der Waals surface area contributed by atoms with Crippen LogP contribution in [0.15, 0.2) is 42.5 Å². The zero-order valence-electron chi connectivity index (χ0n) is 20.1. The molecule has 0 saturated heterocycles. The van der Waals surface area contributed by atoms with Crippen molar-refractivity contribution in [2.75, 3.05) is 19.8 Å². The second-order valence-electron chi connectivity index (χ2n) is 8.56. The van der Waals surface area contributed by atoms with Crippen molar-refractivity contribution in [3.63, 3.8) is 0 Å². The Kier molecular flexibility index (Phi) is 9.16. The molecule has 6 nitrogen and oxygen atoms in total. The maximum atomic E-state index is 13.4. The van der Waals surface area contributed by atoms with Crippen LogP contribution in [-0.4, -0.2) is 42.5 Å². The van der Waals surface area contributed by atoms with E-state index in [-0.39, 0.29) is 11.8 Å². The van der Waals surface area contributed by atoms with Gasteiger partial charge in [0.15, 0.2) is 11.5 Å². The second-order valence-corrected chi connectivity index (χ2v) is 8.56. The van der Waals surface area contributed by atoms with Crippen LogP contribution in [0.2, 0.25) is 0 Å². The van der Waals surface area contributed by atoms with Crippen molar-refractivity contribution in [2.45, 2.75) is 65.5 Å². The number of carbonyl (C=O) groups excluding carboxylic acids is 2. The van der Waals surface area contributed by atoms with E-state index in [4.69, 9.17) is 9.47 Å². The van der Waals surface area contributed by atoms with Gasteiger partial charge in [-0.25, -0.2) is 0 Å². The second kappa shape index (κ2) is 12.3. The Hall–Kier alpha value is -3.02. The third kappa shape index (κ3) is 6.98. The van der Waals surface area contributed by atoms with Gasteiger partial charge in [0.25, 0.3) is 0 Å². The topological polar surface area (TPSA) is 67.9 Å². The van der Waals surface area contributed by atoms with Gasteiger partial charge in [0.1, 0.15) is 19.3 Å². The van der Waals surface area contributed by atoms with E-state index >= 15 is 0 Å². The Bertz CT molecular complexity index is 943. The lowest BCUT2D eigenvalue weighted by atomic mass is 10.0. The fourth-order valence-corrected chi connectivity index (χ4v) is 4.07. The lowest BCUT2D eigenvalue weighted by Crippen LogP contribution is -2.49. The van der Waals surface area contributed by atoms with Gasteiger partial charge in [-0.15, -0.1) is 0 Å². The number of amides is 2. The van der Waals surface area contributed by atoms with Gasteiger partial charge >= 0.3 is 0 Å². The Morgan fingerprint density at radius 3 is 2.55 bits per heavy atom. The molecule has 33 heavy (non-hydrogen) atoms. The zero-order valence-corrected chi connectivity index (χ0v) is 20.1. The van der Waals surface area contributed by atoms with Gasteiger partial charge in [0.05, 0.1) is 0 Å². The van der Waals surface area contributed by atoms with Crippen molar-refractivity contribution in [3.8, 4) is 11.5 Å². The number of carbonyl (C=O) groups is 2. The number of aryl methyl sites for hydroxylation is 2. The number of ether oxygens (including phenoxy) is 2. The molecule has 1 aliphatic rings. The van der Waals surface area contributed by atoms with E-state index in [1.54, 1.807) is 4.90 Å². The van der Waals surface area contributed by atoms with E-state index < -0.39 is 6.04 Å². The summed E-state index contributed by atoms with van der Waals surface area (Å²) >= 11 is 0. The summed E-state index contributed by atoms with van der Waals surface area (Å²) in [7, 11) is 0. The van der Waals surface area contributed by atoms with Gasteiger partial charge in [-0.1, -0.05) is 56.2 Å². The van der Waals surface area contributed by atoms with Crippen LogP contribution in [0.1, 0.15) is 56.2 Å². The summed E-state index contributed by atoms with van der Waals surface area (Å²) in [6.45, 7) is 8.22. The van der Waals surface area contributed by atoms with Crippen LogP contribution in [0.4, 0.5) is 0 Å². The number of rotatable bonds is 11. The predicted molar refractivity (Wildman–Crippen MR) is 129 cm³/mol. The molecular weight excluding hydrogens is 416 g/mol. The van der Waals surface area contributed by atoms with Crippen LogP contribution in [0, 0.1) is 6.92 Å². The van der Waals surface area contributed by atoms with Gasteiger partial charge in [0.2, 0.25) is 11.8 Å². The van der Waals surface area contributed by atoms with Crippen molar-refractivity contribution < 1.29 is 19.1 Å². The van der Waals surface area contributed by atoms with E-state index in [9.17, 15) is 9.59 Å². The minimum Gasteiger partial charge on any atom is -0.486 e. The number of nitrogens with zero attached hydrogens (tertiary/aromatic N) is 1. The van der Waals surface area contributed by atoms with E-state index in [0.29, 0.717) is 45.6 Å². The first-order valence-electron chi connectivity index (χ1n) is 12.0. The lowest BCUT2D eigenvalue weighted by Gasteiger charge is -2.31. The molecule has 1 heterocycles. The van der Waals surface area contributed by atoms with Crippen molar-refractivity contribution in [1.29, 1.82) is 0 Å². The van der Waals surface area contributed by atoms with Crippen LogP contribution < -0.4 is 14.8 Å². The van der Waals surface area contributed by atoms with Crippen molar-refractivity contribution in [1.82, 2.24) is 10.2 Å². The highest BCUT2D eigenvalue weighted by atomic mass is 16.6. The van der Waals surface area contributed by atoms with E-state index in [1.807, 2.05) is 50.2 Å². The van der Waals surface area contributed by atoms with Crippen molar-refractivity contribution in [3.05, 3.63) is 59.2 Å². The Morgan fingerprint density at radius 2 is 1.82 bits per heavy atom. The molecule has 0 fully saturated rings. The van der Waals surface area contributed by atoms with Gasteiger partial charge in [-0.2, -0.15) is 0 Å². The Morgan fingerprint density at radius 1 is 1.03 bits per heavy atom. The molecule has 0 bridgehead atoms. The summed E-state index contributed by atoms with van der Waals surface area (Å²) in [5.74, 6) is 1.37. The monoisotopic (exact) mass is 452 g/mol. The smallest absolute Gasteiger partial charge is 0.242 e. The van der Waals surface area contributed by atoms with Crippen LogP contribution in [-0.2, 0) is 22.6 Å². The predicted octanol–water partition coefficient (Wildman–Crippen LogP) is 4.42. The average molecular weight is 453 g/mol. The highest BCUT2D eigenvalue weighted by molar-refractivity contribution is 5.87. The molecule has 0 aromatic heterocycles. The molecule has 1 aliphatic heterocycles. The van der Waals surface area contributed by atoms with Gasteiger partial charge in [-0.05, 0) is 49.4 Å². The standard InChI is InChI=1S/C27H36N2O4/c1-4-6-14-28-27(31)23(5-2)29(19-22-9-7-8-20(3)17-22)26(30)13-11-21-10-12-24-25(18-21)33-16-15-32-24/h7-10,12,17-18,23H,4-6,11,13-16,19H2,1-3H3,(H,28,31)/t23-/m0/s1. The first-order valence-corrected chi connectivity index (χ1v) is 12.0. The summed E-state index contributed by atoms with van der Waals surface area (Å²) in [6.07, 6.45) is 3.41. The summed E-state index contributed by atoms with van der Waals surface area (Å²) < 4.78 is 11.3. The molecule has 2 aromatic carbocycles. The minimum atomic E-state index is -0.491. The zero-order chi connectivity index (χ0) is 23.6. The quantitative estimate of drug-likeness (QED) is 0.513. The molecular formula is C27H36N2O4. The minimum absolute atomic E-state index is 0.0242. The average Bonchev–Trinajstić information content (AvgIpc) is 2.82. The number of unbranched alkanes of at least 4 members (excludes halogenated alkanes) is 1. The molecule has 1 atom stereocenters. The SMILES string of the molecule is CCCCNC(=O)[C@H](CC)N(Cc1cccc(C)c1)C(=O)CCc1ccc2c(c1)OCCO2. The first-order chi connectivity index (χ1) is 16.0. The maximum absolute atomic E-state index is 13.4. The summed E-state index contributed by atoms with van der Waals surface area (Å²) in [6, 6.07) is 13.4. The molecule has 0 saturated carbocycles. The number of nitrogens with one attached hydrogen (secondary N) is 1. The van der Waals surface area contributed by atoms with E-state index in [0.717, 1.165) is 41.0 Å². The van der Waals surface area contributed by atoms with Gasteiger partial charge < -0.3 is 19.7 Å². The number of hydrogen-bond donors (Lipinski definition) is 1. The number of fused-ring (bicyclic) bond motifs is 1. The fraction of sp³-hybridized carbons (Fsp3) is 0.481. The molecule has 1 N–H and O–H groups in total. The fourth-order valence-electron chi connectivity index (χ4n) is 4.07. The van der Waals surface area contributed by atoms with Crippen LogP contribution >= 0.6 is 0 Å². The van der Waals surface area contributed by atoms with E-state index in [2.05, 4.69) is 18.3 Å².